The topological polar surface area (TPSA) is 123 Å². The number of aliphatic carboxylic acids is 1. The largest absolute Gasteiger partial charge is 0.481 e. The van der Waals surface area contributed by atoms with Gasteiger partial charge in [-0.1, -0.05) is 104 Å². The predicted octanol–water partition coefficient (Wildman–Crippen LogP) is 9.26. The summed E-state index contributed by atoms with van der Waals surface area (Å²) in [5.41, 5.74) is 0. The van der Waals surface area contributed by atoms with Crippen molar-refractivity contribution in [1.82, 2.24) is 9.80 Å². The molecule has 1 fully saturated rings. The zero-order valence-electron chi connectivity index (χ0n) is 33.9. The van der Waals surface area contributed by atoms with E-state index in [1.165, 1.54) is 64.2 Å². The van der Waals surface area contributed by atoms with Crippen LogP contribution in [0.25, 0.3) is 0 Å². The Bertz CT molecular complexity index is 914. The molecule has 10 nitrogen and oxygen atoms in total. The molecular formula is C42H78N2O8. The first kappa shape index (κ1) is 47.8. The molecule has 52 heavy (non-hydrogen) atoms. The van der Waals surface area contributed by atoms with E-state index in [9.17, 15) is 19.2 Å². The van der Waals surface area contributed by atoms with E-state index in [0.29, 0.717) is 58.3 Å². The summed E-state index contributed by atoms with van der Waals surface area (Å²) < 4.78 is 17.4. The van der Waals surface area contributed by atoms with Gasteiger partial charge < -0.3 is 24.2 Å². The van der Waals surface area contributed by atoms with Crippen molar-refractivity contribution in [1.29, 1.82) is 0 Å². The molecule has 10 heteroatoms. The van der Waals surface area contributed by atoms with Gasteiger partial charge in [0.05, 0.1) is 13.0 Å². The monoisotopic (exact) mass is 739 g/mol. The van der Waals surface area contributed by atoms with Gasteiger partial charge in [-0.25, -0.2) is 0 Å². The first-order valence-corrected chi connectivity index (χ1v) is 21.3. The Kier molecular flexibility index (Phi) is 29.7. The number of unbranched alkanes of at least 4 members (excludes halogenated alkanes) is 16. The number of piperidine rings is 1. The number of rotatable bonds is 34. The van der Waals surface area contributed by atoms with Gasteiger partial charge in [-0.2, -0.15) is 0 Å². The second kappa shape index (κ2) is 32.2. The van der Waals surface area contributed by atoms with Crippen LogP contribution in [0.3, 0.4) is 0 Å². The molecule has 1 aliphatic heterocycles. The molecule has 0 aromatic heterocycles. The van der Waals surface area contributed by atoms with Crippen LogP contribution in [0.15, 0.2) is 0 Å². The van der Waals surface area contributed by atoms with Gasteiger partial charge >= 0.3 is 23.9 Å². The third-order valence-electron chi connectivity index (χ3n) is 10.2. The van der Waals surface area contributed by atoms with E-state index in [4.69, 9.17) is 19.3 Å². The average molecular weight is 739 g/mol. The molecule has 0 radical (unpaired) electrons. The summed E-state index contributed by atoms with van der Waals surface area (Å²) in [4.78, 5) is 53.2. The molecule has 0 aliphatic carbocycles. The highest BCUT2D eigenvalue weighted by Crippen LogP contribution is 2.23. The Morgan fingerprint density at radius 3 is 1.87 bits per heavy atom. The number of carbonyl (C=O) groups is 4. The molecule has 2 atom stereocenters. The normalized spacial score (nSPS) is 16.3. The molecule has 1 saturated heterocycles. The van der Waals surface area contributed by atoms with Crippen molar-refractivity contribution in [3.05, 3.63) is 0 Å². The molecular weight excluding hydrogens is 660 g/mol. The summed E-state index contributed by atoms with van der Waals surface area (Å²) in [6.45, 7) is 6.75. The number of hydrogen-bond acceptors (Lipinski definition) is 9. The Balaban J connectivity index is 2.41. The molecule has 304 valence electrons. The van der Waals surface area contributed by atoms with Crippen molar-refractivity contribution >= 4 is 23.9 Å². The number of ether oxygens (including phenoxy) is 3. The van der Waals surface area contributed by atoms with Gasteiger partial charge in [-0.05, 0) is 78.4 Å². The molecule has 0 aromatic carbocycles. The summed E-state index contributed by atoms with van der Waals surface area (Å²) >= 11 is 0. The van der Waals surface area contributed by atoms with Gasteiger partial charge in [0.1, 0.15) is 18.2 Å². The highest BCUT2D eigenvalue weighted by molar-refractivity contribution is 5.76. The zero-order chi connectivity index (χ0) is 38.2. The van der Waals surface area contributed by atoms with Crippen LogP contribution in [0, 0.1) is 0 Å². The Morgan fingerprint density at radius 2 is 1.25 bits per heavy atom. The quantitative estimate of drug-likeness (QED) is 0.0388. The van der Waals surface area contributed by atoms with Crippen molar-refractivity contribution in [3.8, 4) is 0 Å². The Morgan fingerprint density at radius 1 is 0.692 bits per heavy atom. The average Bonchev–Trinajstić information content (AvgIpc) is 3.11. The molecule has 1 heterocycles. The fraction of sp³-hybridized carbons (Fsp3) is 0.905. The predicted molar refractivity (Wildman–Crippen MR) is 208 cm³/mol. The number of carboxylic acids is 1. The molecule has 1 aliphatic rings. The molecule has 0 amide bonds. The minimum absolute atomic E-state index is 0.0574. The van der Waals surface area contributed by atoms with Gasteiger partial charge in [0.2, 0.25) is 0 Å². The molecule has 0 saturated carbocycles. The van der Waals surface area contributed by atoms with Crippen molar-refractivity contribution in [2.24, 2.45) is 0 Å². The van der Waals surface area contributed by atoms with Crippen LogP contribution in [0.2, 0.25) is 0 Å². The van der Waals surface area contributed by atoms with Gasteiger partial charge in [-0.3, -0.25) is 24.1 Å². The van der Waals surface area contributed by atoms with E-state index in [0.717, 1.165) is 70.6 Å². The second-order valence-electron chi connectivity index (χ2n) is 15.4. The van der Waals surface area contributed by atoms with E-state index < -0.39 is 12.0 Å². The van der Waals surface area contributed by atoms with Crippen LogP contribution in [0.5, 0.6) is 0 Å². The van der Waals surface area contributed by atoms with E-state index in [1.807, 2.05) is 19.0 Å². The Labute approximate surface area is 317 Å². The van der Waals surface area contributed by atoms with Crippen LogP contribution >= 0.6 is 0 Å². The summed E-state index contributed by atoms with van der Waals surface area (Å²) in [6, 6.07) is -0.475. The molecule has 0 spiro atoms. The van der Waals surface area contributed by atoms with Crippen molar-refractivity contribution in [2.45, 2.75) is 205 Å². The third kappa shape index (κ3) is 26.5. The number of carbonyl (C=O) groups excluding carboxylic acids is 3. The molecule has 0 bridgehead atoms. The summed E-state index contributed by atoms with van der Waals surface area (Å²) in [5, 5.41) is 8.92. The van der Waals surface area contributed by atoms with Crippen molar-refractivity contribution in [2.75, 3.05) is 40.3 Å². The van der Waals surface area contributed by atoms with Gasteiger partial charge in [0, 0.05) is 32.4 Å². The lowest BCUT2D eigenvalue weighted by atomic mass is 9.98. The second-order valence-corrected chi connectivity index (χ2v) is 15.4. The van der Waals surface area contributed by atoms with Crippen LogP contribution in [0.1, 0.15) is 187 Å². The number of esters is 3. The molecule has 1 N–H and O–H groups in total. The molecule has 1 rings (SSSR count). The first-order chi connectivity index (χ1) is 25.2. The van der Waals surface area contributed by atoms with E-state index in [2.05, 4.69) is 18.7 Å². The fourth-order valence-corrected chi connectivity index (χ4v) is 6.91. The summed E-state index contributed by atoms with van der Waals surface area (Å²) in [7, 11) is 3.82. The summed E-state index contributed by atoms with van der Waals surface area (Å²) in [5.74, 6) is -1.38. The number of carboxylic acid groups (broad SMARTS) is 1. The fourth-order valence-electron chi connectivity index (χ4n) is 6.91. The minimum atomic E-state index is -0.790. The minimum Gasteiger partial charge on any atom is -0.481 e. The van der Waals surface area contributed by atoms with E-state index in [-0.39, 0.29) is 36.5 Å². The van der Waals surface area contributed by atoms with Gasteiger partial charge in [0.25, 0.3) is 0 Å². The van der Waals surface area contributed by atoms with Crippen LogP contribution in [0.4, 0.5) is 0 Å². The van der Waals surface area contributed by atoms with Crippen LogP contribution < -0.4 is 0 Å². The standard InChI is InChI=1S/C42H78N2O8/c1-5-7-9-11-14-19-25-36(26-20-15-12-10-8-6-2)51-40(47)28-22-16-13-17-24-34-50-42(49)38-35-37(52-41(48)30-32-43(3)4)29-33-44(38)31-23-18-21-27-39(45)46/h36-38H,5-35H2,1-4H3,(H,45,46)/t37-,38-/m0/s1. The molecule has 0 aromatic rings. The van der Waals surface area contributed by atoms with Crippen molar-refractivity contribution in [3.63, 3.8) is 0 Å². The van der Waals surface area contributed by atoms with Gasteiger partial charge in [0.15, 0.2) is 0 Å². The Hall–Kier alpha value is -2.20. The zero-order valence-corrected chi connectivity index (χ0v) is 33.9. The summed E-state index contributed by atoms with van der Waals surface area (Å²) in [6.07, 6.45) is 25.3. The lowest BCUT2D eigenvalue weighted by Gasteiger charge is -2.37. The van der Waals surface area contributed by atoms with Crippen LogP contribution in [-0.2, 0) is 33.4 Å². The smallest absolute Gasteiger partial charge is 0.323 e. The SMILES string of the molecule is CCCCCCCCC(CCCCCCCC)OC(=O)CCCCCCCOC(=O)[C@@H]1C[C@@H](OC(=O)CCN(C)C)CCN1CCCCCC(=O)O. The lowest BCUT2D eigenvalue weighted by molar-refractivity contribution is -0.161. The maximum Gasteiger partial charge on any atom is 0.323 e. The lowest BCUT2D eigenvalue weighted by Crippen LogP contribution is -2.50. The van der Waals surface area contributed by atoms with Crippen LogP contribution in [-0.4, -0.2) is 97.4 Å². The van der Waals surface area contributed by atoms with Crippen molar-refractivity contribution < 1.29 is 38.5 Å². The third-order valence-corrected chi connectivity index (χ3v) is 10.2. The number of likely N-dealkylation sites (tertiary alicyclic amines) is 1. The highest BCUT2D eigenvalue weighted by atomic mass is 16.6. The number of hydrogen-bond donors (Lipinski definition) is 1. The van der Waals surface area contributed by atoms with Gasteiger partial charge in [-0.15, -0.1) is 0 Å². The molecule has 0 unspecified atom stereocenters. The highest BCUT2D eigenvalue weighted by Gasteiger charge is 2.36. The maximum absolute atomic E-state index is 13.2. The van der Waals surface area contributed by atoms with E-state index >= 15 is 0 Å². The first-order valence-electron chi connectivity index (χ1n) is 21.3. The maximum atomic E-state index is 13.2. The van der Waals surface area contributed by atoms with E-state index in [1.54, 1.807) is 0 Å². The number of nitrogens with zero attached hydrogens (tertiary/aromatic N) is 2.